The van der Waals surface area contributed by atoms with E-state index in [0.717, 1.165) is 12.8 Å². The van der Waals surface area contributed by atoms with Crippen LogP contribution in [0.4, 0.5) is 0 Å². The Labute approximate surface area is 164 Å². The fraction of sp³-hybridized carbons (Fsp3) is 0.263. The molecule has 1 aliphatic heterocycles. The predicted molar refractivity (Wildman–Crippen MR) is 99.1 cm³/mol. The Hall–Kier alpha value is -3.38. The van der Waals surface area contributed by atoms with Gasteiger partial charge >= 0.3 is 0 Å². The largest absolute Gasteiger partial charge is 0.269 e. The Balaban J connectivity index is 1.58. The molecule has 5 rings (SSSR count). The van der Waals surface area contributed by atoms with Crippen molar-refractivity contribution in [2.24, 2.45) is 0 Å². The average Bonchev–Trinajstić information content (AvgIpc) is 3.19. The third-order valence-corrected chi connectivity index (χ3v) is 5.84. The number of imide groups is 1. The van der Waals surface area contributed by atoms with Crippen molar-refractivity contribution in [3.05, 3.63) is 58.1 Å². The molecule has 28 heavy (non-hydrogen) atoms. The van der Waals surface area contributed by atoms with Crippen LogP contribution in [0.25, 0.3) is 5.13 Å². The van der Waals surface area contributed by atoms with Gasteiger partial charge < -0.3 is 0 Å². The van der Waals surface area contributed by atoms with Crippen molar-refractivity contribution in [1.82, 2.24) is 24.6 Å². The second-order valence-corrected chi connectivity index (χ2v) is 7.84. The van der Waals surface area contributed by atoms with Crippen LogP contribution < -0.4 is 0 Å². The second kappa shape index (κ2) is 6.07. The summed E-state index contributed by atoms with van der Waals surface area (Å²) in [6.45, 7) is 1.76. The first kappa shape index (κ1) is 16.8. The highest BCUT2D eigenvalue weighted by molar-refractivity contribution is 7.14. The van der Waals surface area contributed by atoms with Crippen molar-refractivity contribution in [2.75, 3.05) is 0 Å². The highest BCUT2D eigenvalue weighted by atomic mass is 32.1. The van der Waals surface area contributed by atoms with Gasteiger partial charge in [0.05, 0.1) is 23.4 Å². The van der Waals surface area contributed by atoms with E-state index in [-0.39, 0.29) is 11.8 Å². The molecule has 1 saturated carbocycles. The van der Waals surface area contributed by atoms with Crippen LogP contribution in [-0.4, -0.2) is 36.5 Å². The number of aromatic nitrogens is 4. The molecule has 2 amide bonds. The van der Waals surface area contributed by atoms with Crippen LogP contribution in [0, 0.1) is 11.3 Å². The summed E-state index contributed by atoms with van der Waals surface area (Å²) in [6, 6.07) is 8.23. The number of carbonyl (C=O) groups excluding carboxylic acids is 2. The van der Waals surface area contributed by atoms with E-state index in [1.165, 1.54) is 22.4 Å². The maximum Gasteiger partial charge on any atom is 0.262 e. The topological polar surface area (TPSA) is 105 Å². The Morgan fingerprint density at radius 1 is 1.21 bits per heavy atom. The average molecular weight is 390 g/mol. The van der Waals surface area contributed by atoms with Crippen LogP contribution in [0.2, 0.25) is 0 Å². The smallest absolute Gasteiger partial charge is 0.262 e. The standard InChI is InChI=1S/C19H14N6O2S/c1-10(24-17(26)13-4-2-3-5-14(13)18(24)27)16-22-15(11-6-7-11)23-25(16)19-21-9-12(8-20)28-19/h2-5,9-11H,6-7H2,1H3. The Morgan fingerprint density at radius 3 is 2.46 bits per heavy atom. The van der Waals surface area contributed by atoms with E-state index < -0.39 is 6.04 Å². The van der Waals surface area contributed by atoms with Crippen LogP contribution in [0.5, 0.6) is 0 Å². The highest BCUT2D eigenvalue weighted by Gasteiger charge is 2.41. The molecule has 0 saturated heterocycles. The van der Waals surface area contributed by atoms with E-state index in [2.05, 4.69) is 21.1 Å². The number of hydrogen-bond donors (Lipinski definition) is 0. The zero-order valence-electron chi connectivity index (χ0n) is 14.9. The van der Waals surface area contributed by atoms with Gasteiger partial charge in [0.1, 0.15) is 10.9 Å². The van der Waals surface area contributed by atoms with Crippen molar-refractivity contribution in [3.8, 4) is 11.2 Å². The van der Waals surface area contributed by atoms with Gasteiger partial charge in [0, 0.05) is 5.92 Å². The fourth-order valence-corrected chi connectivity index (χ4v) is 4.03. The van der Waals surface area contributed by atoms with Crippen LogP contribution in [-0.2, 0) is 0 Å². The number of amides is 2. The van der Waals surface area contributed by atoms with Crippen molar-refractivity contribution in [1.29, 1.82) is 5.26 Å². The zero-order chi connectivity index (χ0) is 19.4. The summed E-state index contributed by atoms with van der Waals surface area (Å²) in [5.41, 5.74) is 0.794. The summed E-state index contributed by atoms with van der Waals surface area (Å²) in [5.74, 6) is 0.770. The molecule has 1 aliphatic carbocycles. The Morgan fingerprint density at radius 2 is 1.89 bits per heavy atom. The number of rotatable bonds is 4. The van der Waals surface area contributed by atoms with Gasteiger partial charge in [0.15, 0.2) is 11.6 Å². The molecule has 3 aromatic rings. The molecule has 1 unspecified atom stereocenters. The molecule has 8 nitrogen and oxygen atoms in total. The Bertz CT molecular complexity index is 1130. The van der Waals surface area contributed by atoms with Gasteiger partial charge in [-0.2, -0.15) is 9.94 Å². The van der Waals surface area contributed by atoms with E-state index in [1.54, 1.807) is 35.9 Å². The number of carbonyl (C=O) groups is 2. The van der Waals surface area contributed by atoms with E-state index in [0.29, 0.717) is 38.7 Å². The van der Waals surface area contributed by atoms with Crippen molar-refractivity contribution >= 4 is 23.2 Å². The van der Waals surface area contributed by atoms with E-state index >= 15 is 0 Å². The molecule has 138 valence electrons. The molecule has 0 N–H and O–H groups in total. The molecule has 0 radical (unpaired) electrons. The van der Waals surface area contributed by atoms with Crippen LogP contribution in [0.1, 0.15) is 69.0 Å². The van der Waals surface area contributed by atoms with Crippen molar-refractivity contribution in [3.63, 3.8) is 0 Å². The van der Waals surface area contributed by atoms with E-state index in [9.17, 15) is 9.59 Å². The molecule has 3 heterocycles. The third-order valence-electron chi connectivity index (χ3n) is 4.96. The van der Waals surface area contributed by atoms with Crippen LogP contribution in [0.3, 0.4) is 0 Å². The molecule has 1 fully saturated rings. The SMILES string of the molecule is CC(c1nc(C2CC2)nn1-c1ncc(C#N)s1)N1C(=O)c2ccccc2C1=O. The van der Waals surface area contributed by atoms with Gasteiger partial charge in [-0.15, -0.1) is 5.10 Å². The van der Waals surface area contributed by atoms with Gasteiger partial charge in [-0.1, -0.05) is 23.5 Å². The number of thiazole rings is 1. The highest BCUT2D eigenvalue weighted by Crippen LogP contribution is 2.40. The summed E-state index contributed by atoms with van der Waals surface area (Å²) in [6.07, 6.45) is 3.52. The first-order valence-electron chi connectivity index (χ1n) is 8.88. The van der Waals surface area contributed by atoms with Gasteiger partial charge in [-0.25, -0.2) is 9.97 Å². The normalized spacial score (nSPS) is 16.9. The van der Waals surface area contributed by atoms with Gasteiger partial charge in [-0.3, -0.25) is 14.5 Å². The van der Waals surface area contributed by atoms with Gasteiger partial charge in [-0.05, 0) is 31.9 Å². The van der Waals surface area contributed by atoms with Gasteiger partial charge in [0.2, 0.25) is 5.13 Å². The lowest BCUT2D eigenvalue weighted by Crippen LogP contribution is -2.34. The lowest BCUT2D eigenvalue weighted by molar-refractivity contribution is 0.0587. The van der Waals surface area contributed by atoms with E-state index in [4.69, 9.17) is 5.26 Å². The summed E-state index contributed by atoms with van der Waals surface area (Å²) >= 11 is 1.19. The molecule has 2 aromatic heterocycles. The van der Waals surface area contributed by atoms with Crippen LogP contribution in [0.15, 0.2) is 30.5 Å². The number of nitriles is 1. The van der Waals surface area contributed by atoms with Crippen molar-refractivity contribution in [2.45, 2.75) is 31.7 Å². The summed E-state index contributed by atoms with van der Waals surface area (Å²) in [5, 5.41) is 14.2. The minimum Gasteiger partial charge on any atom is -0.269 e. The number of hydrogen-bond acceptors (Lipinski definition) is 7. The molecule has 0 spiro atoms. The molecular formula is C19H14N6O2S. The zero-order valence-corrected chi connectivity index (χ0v) is 15.7. The summed E-state index contributed by atoms with van der Waals surface area (Å²) < 4.78 is 1.56. The number of nitrogens with zero attached hydrogens (tertiary/aromatic N) is 6. The van der Waals surface area contributed by atoms with Crippen molar-refractivity contribution < 1.29 is 9.59 Å². The predicted octanol–water partition coefficient (Wildman–Crippen LogP) is 2.83. The third kappa shape index (κ3) is 2.46. The minimum atomic E-state index is -0.623. The number of benzene rings is 1. The van der Waals surface area contributed by atoms with Gasteiger partial charge in [0.25, 0.3) is 11.8 Å². The molecule has 9 heteroatoms. The molecule has 2 aliphatic rings. The maximum absolute atomic E-state index is 12.9. The minimum absolute atomic E-state index is 0.296. The maximum atomic E-state index is 12.9. The molecule has 0 bridgehead atoms. The lowest BCUT2D eigenvalue weighted by Gasteiger charge is -2.21. The molecule has 1 atom stereocenters. The first-order chi connectivity index (χ1) is 13.6. The Kier molecular flexibility index (Phi) is 3.64. The van der Waals surface area contributed by atoms with Crippen LogP contribution >= 0.6 is 11.3 Å². The quantitative estimate of drug-likeness (QED) is 0.634. The van der Waals surface area contributed by atoms with E-state index in [1.807, 2.05) is 0 Å². The first-order valence-corrected chi connectivity index (χ1v) is 9.70. The summed E-state index contributed by atoms with van der Waals surface area (Å²) in [4.78, 5) is 36.3. The molecular weight excluding hydrogens is 376 g/mol. The number of fused-ring (bicyclic) bond motifs is 1. The lowest BCUT2D eigenvalue weighted by atomic mass is 10.1. The monoisotopic (exact) mass is 390 g/mol. The fourth-order valence-electron chi connectivity index (χ4n) is 3.36. The second-order valence-electron chi connectivity index (χ2n) is 6.84. The molecule has 1 aromatic carbocycles. The summed E-state index contributed by atoms with van der Waals surface area (Å²) in [7, 11) is 0.